The normalized spacial score (nSPS) is 11.4. The van der Waals surface area contributed by atoms with Crippen LogP contribution in [0.25, 0.3) is 73.7 Å². The first kappa shape index (κ1) is 38.0. The standard InChI is InChI=1S/C60H40N2S2/c1-3-17-41(18-4-1)43-33-37-45(38-34-43)61(53-27-15-31-57-59(53)49-23-9-13-29-55(49)63-57)51-25-11-7-21-47(51)48-22-8-12-26-52(48)62(46-39-35-44(36-40-46)42-19-5-2-6-20-42)54-28-16-32-58-60(54)50-24-10-14-30-56(50)64-58/h1-40H. The average Bonchev–Trinajstić information content (AvgIpc) is 3.95. The first-order chi connectivity index (χ1) is 31.8. The maximum absolute atomic E-state index is 2.48. The van der Waals surface area contributed by atoms with Gasteiger partial charge in [0.25, 0.3) is 0 Å². The highest BCUT2D eigenvalue weighted by atomic mass is 32.1. The lowest BCUT2D eigenvalue weighted by molar-refractivity contribution is 1.28. The van der Waals surface area contributed by atoms with Gasteiger partial charge >= 0.3 is 0 Å². The molecule has 0 aliphatic carbocycles. The molecule has 4 heteroatoms. The van der Waals surface area contributed by atoms with Crippen LogP contribution in [0.2, 0.25) is 0 Å². The predicted molar refractivity (Wildman–Crippen MR) is 278 cm³/mol. The van der Waals surface area contributed by atoms with Gasteiger partial charge in [-0.1, -0.05) is 170 Å². The lowest BCUT2D eigenvalue weighted by Gasteiger charge is -2.32. The van der Waals surface area contributed by atoms with Crippen LogP contribution in [0.15, 0.2) is 243 Å². The van der Waals surface area contributed by atoms with E-state index in [4.69, 9.17) is 0 Å². The SMILES string of the molecule is c1ccc(-c2ccc(N(c3ccccc3-c3ccccc3N(c3ccc(-c4ccccc4)cc3)c3cccc4sc5ccccc5c34)c3cccc4sc5ccccc5c34)cc2)cc1. The van der Waals surface area contributed by atoms with Crippen molar-refractivity contribution in [2.75, 3.05) is 9.80 Å². The van der Waals surface area contributed by atoms with Gasteiger partial charge in [0.05, 0.1) is 22.7 Å². The molecule has 0 unspecified atom stereocenters. The van der Waals surface area contributed by atoms with Crippen molar-refractivity contribution in [2.24, 2.45) is 0 Å². The average molecular weight is 853 g/mol. The van der Waals surface area contributed by atoms with Crippen LogP contribution in [0, 0.1) is 0 Å². The summed E-state index contributed by atoms with van der Waals surface area (Å²) >= 11 is 3.71. The summed E-state index contributed by atoms with van der Waals surface area (Å²) in [6.07, 6.45) is 0. The highest BCUT2D eigenvalue weighted by Crippen LogP contribution is 2.51. The molecule has 0 saturated heterocycles. The Morgan fingerprint density at radius 2 is 0.562 bits per heavy atom. The summed E-state index contributed by atoms with van der Waals surface area (Å²) in [7, 11) is 0. The summed E-state index contributed by atoms with van der Waals surface area (Å²) in [4.78, 5) is 4.96. The number of para-hydroxylation sites is 2. The monoisotopic (exact) mass is 852 g/mol. The van der Waals surface area contributed by atoms with Gasteiger partial charge in [0.15, 0.2) is 0 Å². The summed E-state index contributed by atoms with van der Waals surface area (Å²) in [5.74, 6) is 0. The minimum absolute atomic E-state index is 1.09. The number of fused-ring (bicyclic) bond motifs is 6. The van der Waals surface area contributed by atoms with E-state index in [1.54, 1.807) is 0 Å². The first-order valence-corrected chi connectivity index (χ1v) is 23.3. The molecule has 64 heavy (non-hydrogen) atoms. The number of hydrogen-bond donors (Lipinski definition) is 0. The van der Waals surface area contributed by atoms with Crippen molar-refractivity contribution in [3.63, 3.8) is 0 Å². The highest BCUT2D eigenvalue weighted by molar-refractivity contribution is 7.26. The molecule has 0 radical (unpaired) electrons. The fraction of sp³-hybridized carbons (Fsp3) is 0. The summed E-state index contributed by atoms with van der Waals surface area (Å²) < 4.78 is 5.10. The molecule has 0 aliphatic rings. The Hall–Kier alpha value is -7.76. The van der Waals surface area contributed by atoms with E-state index in [1.165, 1.54) is 62.6 Å². The van der Waals surface area contributed by atoms with E-state index in [-0.39, 0.29) is 0 Å². The van der Waals surface area contributed by atoms with Gasteiger partial charge in [-0.25, -0.2) is 0 Å². The van der Waals surface area contributed by atoms with Crippen molar-refractivity contribution < 1.29 is 0 Å². The molecule has 2 aromatic heterocycles. The van der Waals surface area contributed by atoms with Gasteiger partial charge in [0.1, 0.15) is 0 Å². The molecular formula is C60H40N2S2. The fourth-order valence-corrected chi connectivity index (χ4v) is 11.6. The Bertz CT molecular complexity index is 3370. The van der Waals surface area contributed by atoms with Crippen molar-refractivity contribution >= 4 is 97.1 Å². The van der Waals surface area contributed by atoms with Crippen molar-refractivity contribution in [1.82, 2.24) is 0 Å². The second kappa shape index (κ2) is 16.2. The van der Waals surface area contributed by atoms with Gasteiger partial charge in [-0.2, -0.15) is 0 Å². The Kier molecular flexibility index (Phi) is 9.59. The third-order valence-corrected chi connectivity index (χ3v) is 14.6. The van der Waals surface area contributed by atoms with Gasteiger partial charge in [-0.15, -0.1) is 22.7 Å². The quantitative estimate of drug-likeness (QED) is 0.143. The topological polar surface area (TPSA) is 6.48 Å². The maximum atomic E-state index is 2.48. The zero-order valence-corrected chi connectivity index (χ0v) is 36.4. The maximum Gasteiger partial charge on any atom is 0.0555 e. The first-order valence-electron chi connectivity index (χ1n) is 21.7. The summed E-state index contributed by atoms with van der Waals surface area (Å²) in [5.41, 5.74) is 13.7. The number of hydrogen-bond acceptors (Lipinski definition) is 4. The van der Waals surface area contributed by atoms with Gasteiger partial charge in [0, 0.05) is 62.8 Å². The molecule has 0 spiro atoms. The third-order valence-electron chi connectivity index (χ3n) is 12.3. The molecule has 0 fully saturated rings. The molecular weight excluding hydrogens is 813 g/mol. The van der Waals surface area contributed by atoms with Crippen molar-refractivity contribution in [2.45, 2.75) is 0 Å². The minimum atomic E-state index is 1.09. The van der Waals surface area contributed by atoms with Gasteiger partial charge in [-0.05, 0) is 95.1 Å². The van der Waals surface area contributed by atoms with E-state index in [0.717, 1.165) is 45.3 Å². The van der Waals surface area contributed by atoms with E-state index >= 15 is 0 Å². The van der Waals surface area contributed by atoms with Crippen LogP contribution in [-0.4, -0.2) is 0 Å². The molecule has 12 aromatic rings. The zero-order chi connectivity index (χ0) is 42.4. The zero-order valence-electron chi connectivity index (χ0n) is 34.8. The van der Waals surface area contributed by atoms with E-state index in [0.29, 0.717) is 0 Å². The van der Waals surface area contributed by atoms with Crippen LogP contribution in [0.3, 0.4) is 0 Å². The molecule has 0 N–H and O–H groups in total. The molecule has 10 aromatic carbocycles. The molecule has 0 saturated carbocycles. The Labute approximate surface area is 380 Å². The molecule has 0 bridgehead atoms. The number of rotatable bonds is 9. The second-order valence-corrected chi connectivity index (χ2v) is 18.2. The lowest BCUT2D eigenvalue weighted by Crippen LogP contribution is -2.14. The predicted octanol–water partition coefficient (Wildman–Crippen LogP) is 18.4. The molecule has 0 amide bonds. The lowest BCUT2D eigenvalue weighted by atomic mass is 9.97. The van der Waals surface area contributed by atoms with E-state index < -0.39 is 0 Å². The molecule has 0 aliphatic heterocycles. The summed E-state index contributed by atoms with van der Waals surface area (Å²) in [6, 6.07) is 88.4. The largest absolute Gasteiger partial charge is 0.309 e. The van der Waals surface area contributed by atoms with Crippen LogP contribution >= 0.6 is 22.7 Å². The Morgan fingerprint density at radius 3 is 1.00 bits per heavy atom. The highest BCUT2D eigenvalue weighted by Gasteiger charge is 2.25. The smallest absolute Gasteiger partial charge is 0.0555 e. The van der Waals surface area contributed by atoms with Gasteiger partial charge < -0.3 is 9.80 Å². The van der Waals surface area contributed by atoms with Crippen LogP contribution in [0.5, 0.6) is 0 Å². The summed E-state index contributed by atoms with van der Waals surface area (Å²) in [5, 5.41) is 5.05. The minimum Gasteiger partial charge on any atom is -0.309 e. The molecule has 302 valence electrons. The number of nitrogens with zero attached hydrogens (tertiary/aromatic N) is 2. The van der Waals surface area contributed by atoms with Crippen LogP contribution < -0.4 is 9.80 Å². The molecule has 2 heterocycles. The van der Waals surface area contributed by atoms with E-state index in [9.17, 15) is 0 Å². The second-order valence-electron chi connectivity index (χ2n) is 16.0. The van der Waals surface area contributed by atoms with Gasteiger partial charge in [-0.3, -0.25) is 0 Å². The van der Waals surface area contributed by atoms with Gasteiger partial charge in [0.2, 0.25) is 0 Å². The number of anilines is 6. The van der Waals surface area contributed by atoms with Crippen molar-refractivity contribution in [1.29, 1.82) is 0 Å². The number of benzene rings is 10. The number of thiophene rings is 2. The van der Waals surface area contributed by atoms with E-state index in [2.05, 4.69) is 252 Å². The molecule has 2 nitrogen and oxygen atoms in total. The van der Waals surface area contributed by atoms with Crippen LogP contribution in [-0.2, 0) is 0 Å². The van der Waals surface area contributed by atoms with E-state index in [1.807, 2.05) is 22.7 Å². The third kappa shape index (κ3) is 6.63. The molecule has 12 rings (SSSR count). The Morgan fingerprint density at radius 1 is 0.234 bits per heavy atom. The van der Waals surface area contributed by atoms with Crippen LogP contribution in [0.4, 0.5) is 34.1 Å². The van der Waals surface area contributed by atoms with Crippen LogP contribution in [0.1, 0.15) is 0 Å². The van der Waals surface area contributed by atoms with Crippen molar-refractivity contribution in [3.05, 3.63) is 243 Å². The summed E-state index contributed by atoms with van der Waals surface area (Å²) in [6.45, 7) is 0. The molecule has 0 atom stereocenters. The Balaban J connectivity index is 1.09. The van der Waals surface area contributed by atoms with Crippen molar-refractivity contribution in [3.8, 4) is 33.4 Å². The fourth-order valence-electron chi connectivity index (χ4n) is 9.36.